The van der Waals surface area contributed by atoms with Gasteiger partial charge in [0.15, 0.2) is 0 Å². The summed E-state index contributed by atoms with van der Waals surface area (Å²) in [5.41, 5.74) is 0. The fourth-order valence-corrected chi connectivity index (χ4v) is 6.86. The lowest BCUT2D eigenvalue weighted by molar-refractivity contribution is -0.870. The topological polar surface area (TPSA) is 105 Å². The summed E-state index contributed by atoms with van der Waals surface area (Å²) < 4.78 is 23.6. The number of unbranched alkanes of at least 4 members (excludes halogenated alkanes) is 16. The van der Waals surface area contributed by atoms with Crippen LogP contribution in [0.5, 0.6) is 0 Å². The molecule has 0 heterocycles. The molecule has 0 saturated carbocycles. The van der Waals surface area contributed by atoms with Gasteiger partial charge < -0.3 is 19.8 Å². The number of nitrogens with one attached hydrogen (secondary N) is 1. The summed E-state index contributed by atoms with van der Waals surface area (Å²) in [6.07, 6.45) is 56.5. The fraction of sp³-hybridized carbons (Fsp3) is 0.700. The smallest absolute Gasteiger partial charge is 0.387 e. The lowest BCUT2D eigenvalue weighted by atomic mass is 10.1. The second-order valence-corrected chi connectivity index (χ2v) is 18.2. The lowest BCUT2D eigenvalue weighted by Crippen LogP contribution is -2.45. The van der Waals surface area contributed by atoms with E-state index in [0.29, 0.717) is 17.4 Å². The SMILES string of the molecule is CC/C=C\C/C=C\C/C=C\C/C=C\CCCCCCCCC(=O)NC(COP(=O)(O)OCC[N+](C)(C)C)C(O)/C=C/CC/C=C/CC/C=C/CCCCCCCCCC. The maximum atomic E-state index is 12.9. The van der Waals surface area contributed by atoms with E-state index in [2.05, 4.69) is 92.1 Å². The van der Waals surface area contributed by atoms with Crippen LogP contribution in [0.3, 0.4) is 0 Å². The number of likely N-dealkylation sites (N-methyl/N-ethyl adjacent to an activating group) is 1. The van der Waals surface area contributed by atoms with Gasteiger partial charge in [-0.3, -0.25) is 13.8 Å². The van der Waals surface area contributed by atoms with Gasteiger partial charge in [-0.2, -0.15) is 0 Å². The van der Waals surface area contributed by atoms with Gasteiger partial charge in [-0.15, -0.1) is 0 Å². The zero-order valence-electron chi connectivity index (χ0n) is 38.5. The zero-order valence-corrected chi connectivity index (χ0v) is 39.4. The van der Waals surface area contributed by atoms with Gasteiger partial charge in [0.05, 0.1) is 39.9 Å². The molecular formula is C50H90N2O6P+. The molecule has 0 saturated heterocycles. The van der Waals surface area contributed by atoms with Crippen molar-refractivity contribution in [3.8, 4) is 0 Å². The first kappa shape index (κ1) is 56.7. The Hall–Kier alpha value is -2.32. The van der Waals surface area contributed by atoms with Crippen LogP contribution in [0, 0.1) is 0 Å². The molecule has 0 fully saturated rings. The third-order valence-corrected chi connectivity index (χ3v) is 10.8. The van der Waals surface area contributed by atoms with Crippen LogP contribution in [0.4, 0.5) is 0 Å². The van der Waals surface area contributed by atoms with Crippen molar-refractivity contribution in [1.82, 2.24) is 5.32 Å². The number of aliphatic hydroxyl groups is 1. The van der Waals surface area contributed by atoms with E-state index in [1.165, 1.54) is 70.6 Å². The van der Waals surface area contributed by atoms with Crippen LogP contribution in [0.25, 0.3) is 0 Å². The number of hydrogen-bond acceptors (Lipinski definition) is 5. The number of rotatable bonds is 41. The molecule has 3 atom stereocenters. The van der Waals surface area contributed by atoms with Crippen LogP contribution in [-0.2, 0) is 18.4 Å². The molecule has 0 rings (SSSR count). The first-order valence-electron chi connectivity index (χ1n) is 23.5. The Morgan fingerprint density at radius 2 is 1.03 bits per heavy atom. The molecular weight excluding hydrogens is 756 g/mol. The van der Waals surface area contributed by atoms with Gasteiger partial charge in [-0.1, -0.05) is 170 Å². The van der Waals surface area contributed by atoms with Crippen molar-refractivity contribution < 1.29 is 32.9 Å². The average Bonchev–Trinajstić information content (AvgIpc) is 3.19. The minimum absolute atomic E-state index is 0.0459. The third-order valence-electron chi connectivity index (χ3n) is 9.83. The molecule has 0 bridgehead atoms. The molecule has 0 aromatic carbocycles. The Labute approximate surface area is 363 Å². The van der Waals surface area contributed by atoms with E-state index in [4.69, 9.17) is 9.05 Å². The largest absolute Gasteiger partial charge is 0.472 e. The van der Waals surface area contributed by atoms with E-state index in [9.17, 15) is 19.4 Å². The van der Waals surface area contributed by atoms with Crippen LogP contribution < -0.4 is 5.32 Å². The Bertz CT molecular complexity index is 1230. The molecule has 9 heteroatoms. The monoisotopic (exact) mass is 846 g/mol. The summed E-state index contributed by atoms with van der Waals surface area (Å²) in [6.45, 7) is 4.64. The highest BCUT2D eigenvalue weighted by molar-refractivity contribution is 7.47. The van der Waals surface area contributed by atoms with E-state index in [1.54, 1.807) is 6.08 Å². The second-order valence-electron chi connectivity index (χ2n) is 16.7. The van der Waals surface area contributed by atoms with Crippen LogP contribution in [0.15, 0.2) is 85.1 Å². The first-order valence-corrected chi connectivity index (χ1v) is 25.0. The molecule has 3 unspecified atom stereocenters. The van der Waals surface area contributed by atoms with E-state index >= 15 is 0 Å². The molecule has 0 radical (unpaired) electrons. The van der Waals surface area contributed by atoms with Gasteiger partial charge in [0.1, 0.15) is 13.2 Å². The highest BCUT2D eigenvalue weighted by Crippen LogP contribution is 2.43. The van der Waals surface area contributed by atoms with Gasteiger partial charge in [0, 0.05) is 6.42 Å². The van der Waals surface area contributed by atoms with E-state index in [-0.39, 0.29) is 19.1 Å². The standard InChI is InChI=1S/C50H89N2O6P/c1-6-8-10-12-14-16-18-20-22-24-26-28-30-32-34-36-38-40-42-44-50(54)51-48(47-58-59(55,56)57-46-45-52(3,4)5)49(53)43-41-39-37-35-33-31-29-27-25-23-21-19-17-15-13-11-9-7-2/h8,10,14,16,20,22,25-28,33,35,41,43,48-49,53H,6-7,9,11-13,15,17-19,21,23-24,29-32,34,36-40,42,44-47H2,1-5H3,(H-,51,54,55,56)/p+1/b10-8-,16-14-,22-20-,27-25+,28-26-,35-33+,43-41+. The van der Waals surface area contributed by atoms with E-state index in [1.807, 2.05) is 27.2 Å². The Balaban J connectivity index is 4.51. The summed E-state index contributed by atoms with van der Waals surface area (Å²) in [6, 6.07) is -0.882. The number of amides is 1. The Kier molecular flexibility index (Phi) is 39.4. The predicted octanol–water partition coefficient (Wildman–Crippen LogP) is 13.4. The maximum Gasteiger partial charge on any atom is 0.472 e. The Morgan fingerprint density at radius 3 is 1.56 bits per heavy atom. The van der Waals surface area contributed by atoms with Crippen molar-refractivity contribution in [3.05, 3.63) is 85.1 Å². The molecule has 0 aliphatic rings. The van der Waals surface area contributed by atoms with Crippen molar-refractivity contribution in [2.45, 2.75) is 187 Å². The number of carbonyl (C=O) groups excluding carboxylic acids is 1. The summed E-state index contributed by atoms with van der Waals surface area (Å²) in [5.74, 6) is -0.209. The van der Waals surface area contributed by atoms with Crippen molar-refractivity contribution in [3.63, 3.8) is 0 Å². The molecule has 0 spiro atoms. The van der Waals surface area contributed by atoms with Crippen LogP contribution in [0.2, 0.25) is 0 Å². The lowest BCUT2D eigenvalue weighted by Gasteiger charge is -2.25. The summed E-state index contributed by atoms with van der Waals surface area (Å²) in [4.78, 5) is 23.2. The van der Waals surface area contributed by atoms with E-state index < -0.39 is 20.0 Å². The first-order chi connectivity index (χ1) is 28.5. The highest BCUT2D eigenvalue weighted by atomic mass is 31.2. The van der Waals surface area contributed by atoms with Gasteiger partial charge in [-0.05, 0) is 83.5 Å². The predicted molar refractivity (Wildman–Crippen MR) is 253 cm³/mol. The number of hydrogen-bond donors (Lipinski definition) is 3. The van der Waals surface area contributed by atoms with Crippen molar-refractivity contribution in [2.24, 2.45) is 0 Å². The number of quaternary nitrogens is 1. The molecule has 3 N–H and O–H groups in total. The summed E-state index contributed by atoms with van der Waals surface area (Å²) in [7, 11) is 1.52. The number of nitrogens with zero attached hydrogens (tertiary/aromatic N) is 1. The minimum atomic E-state index is -4.36. The summed E-state index contributed by atoms with van der Waals surface area (Å²) in [5, 5.41) is 13.8. The van der Waals surface area contributed by atoms with Gasteiger partial charge in [0.25, 0.3) is 0 Å². The minimum Gasteiger partial charge on any atom is -0.387 e. The molecule has 0 aromatic heterocycles. The van der Waals surface area contributed by atoms with Gasteiger partial charge in [0.2, 0.25) is 5.91 Å². The molecule has 8 nitrogen and oxygen atoms in total. The average molecular weight is 846 g/mol. The highest BCUT2D eigenvalue weighted by Gasteiger charge is 2.27. The Morgan fingerprint density at radius 1 is 0.593 bits per heavy atom. The molecule has 0 aliphatic heterocycles. The number of phosphoric acid groups is 1. The maximum absolute atomic E-state index is 12.9. The van der Waals surface area contributed by atoms with Gasteiger partial charge >= 0.3 is 7.82 Å². The quantitative estimate of drug-likeness (QED) is 0.0245. The fourth-order valence-electron chi connectivity index (χ4n) is 6.12. The molecule has 1 amide bonds. The molecule has 59 heavy (non-hydrogen) atoms. The summed E-state index contributed by atoms with van der Waals surface area (Å²) >= 11 is 0. The molecule has 340 valence electrons. The number of aliphatic hydroxyl groups excluding tert-OH is 1. The van der Waals surface area contributed by atoms with Crippen LogP contribution in [-0.4, -0.2) is 73.4 Å². The van der Waals surface area contributed by atoms with Crippen LogP contribution >= 0.6 is 7.82 Å². The van der Waals surface area contributed by atoms with Gasteiger partial charge in [-0.25, -0.2) is 4.57 Å². The molecule has 0 aromatic rings. The number of allylic oxidation sites excluding steroid dienone is 13. The van der Waals surface area contributed by atoms with Crippen LogP contribution in [0.1, 0.15) is 174 Å². The van der Waals surface area contributed by atoms with Crippen molar-refractivity contribution in [2.75, 3.05) is 40.9 Å². The number of carbonyl (C=O) groups is 1. The third kappa shape index (κ3) is 43.6. The van der Waals surface area contributed by atoms with Crippen molar-refractivity contribution in [1.29, 1.82) is 0 Å². The zero-order chi connectivity index (χ0) is 43.6. The number of phosphoric ester groups is 1. The normalized spacial score (nSPS) is 15.0. The second kappa shape index (κ2) is 41.1. The van der Waals surface area contributed by atoms with E-state index in [0.717, 1.165) is 83.5 Å². The molecule has 0 aliphatic carbocycles. The van der Waals surface area contributed by atoms with Crippen molar-refractivity contribution >= 4 is 13.7 Å².